The van der Waals surface area contributed by atoms with Crippen molar-refractivity contribution in [1.29, 1.82) is 0 Å². The molecule has 1 fully saturated rings. The highest BCUT2D eigenvalue weighted by molar-refractivity contribution is 6.51. The third-order valence-corrected chi connectivity index (χ3v) is 5.38. The van der Waals surface area contributed by atoms with Gasteiger partial charge in [-0.05, 0) is 74.4 Å². The number of anilines is 1. The van der Waals surface area contributed by atoms with Crippen molar-refractivity contribution in [1.82, 2.24) is 0 Å². The smallest absolute Gasteiger partial charge is 0.300 e. The van der Waals surface area contributed by atoms with Crippen LogP contribution in [0.4, 0.5) is 5.69 Å². The van der Waals surface area contributed by atoms with Gasteiger partial charge < -0.3 is 14.3 Å². The quantitative estimate of drug-likeness (QED) is 0.327. The Balaban J connectivity index is 1.81. The van der Waals surface area contributed by atoms with Crippen LogP contribution in [0.15, 0.2) is 76.9 Å². The first-order valence-corrected chi connectivity index (χ1v) is 10.6. The van der Waals surface area contributed by atoms with Crippen LogP contribution in [-0.2, 0) is 16.0 Å². The highest BCUT2D eigenvalue weighted by Crippen LogP contribution is 2.42. The van der Waals surface area contributed by atoms with E-state index in [-0.39, 0.29) is 17.4 Å². The highest BCUT2D eigenvalue weighted by atomic mass is 16.5. The molecule has 1 aliphatic rings. The predicted octanol–water partition coefficient (Wildman–Crippen LogP) is 5.26. The molecule has 0 aliphatic carbocycles. The third-order valence-electron chi connectivity index (χ3n) is 5.38. The summed E-state index contributed by atoms with van der Waals surface area (Å²) >= 11 is 0. The summed E-state index contributed by atoms with van der Waals surface area (Å²) in [6.07, 6.45) is 2.35. The maximum Gasteiger partial charge on any atom is 0.300 e. The summed E-state index contributed by atoms with van der Waals surface area (Å²) in [6, 6.07) is 16.7. The van der Waals surface area contributed by atoms with E-state index in [2.05, 4.69) is 0 Å². The van der Waals surface area contributed by atoms with Crippen LogP contribution in [0.5, 0.6) is 5.75 Å². The lowest BCUT2D eigenvalue weighted by molar-refractivity contribution is -0.132. The number of ether oxygens (including phenoxy) is 1. The number of hydrogen-bond donors (Lipinski definition) is 1. The molecule has 164 valence electrons. The van der Waals surface area contributed by atoms with E-state index < -0.39 is 17.7 Å². The van der Waals surface area contributed by atoms with Crippen LogP contribution < -0.4 is 9.64 Å². The van der Waals surface area contributed by atoms with Crippen LogP contribution in [-0.4, -0.2) is 22.9 Å². The van der Waals surface area contributed by atoms with Crippen LogP contribution >= 0.6 is 0 Å². The van der Waals surface area contributed by atoms with Crippen molar-refractivity contribution in [2.75, 3.05) is 4.90 Å². The summed E-state index contributed by atoms with van der Waals surface area (Å²) in [5.41, 5.74) is 2.08. The second-order valence-corrected chi connectivity index (χ2v) is 7.90. The zero-order valence-electron chi connectivity index (χ0n) is 18.2. The minimum atomic E-state index is -0.871. The first-order valence-electron chi connectivity index (χ1n) is 10.6. The molecule has 1 N–H and O–H groups in total. The van der Waals surface area contributed by atoms with Crippen molar-refractivity contribution in [3.8, 4) is 5.75 Å². The third kappa shape index (κ3) is 3.91. The summed E-state index contributed by atoms with van der Waals surface area (Å²) in [5.74, 6) is -0.683. The Hall–Kier alpha value is -3.80. The number of amides is 1. The Morgan fingerprint density at radius 3 is 2.31 bits per heavy atom. The standard InChI is InChI=1S/C26H25NO5/c1-4-17-7-11-19(12-8-17)27-23(21-6-5-15-31-21)22(25(29)26(27)30)24(28)18-9-13-20(14-10-18)32-16(2)3/h5-16,23,28H,4H2,1-3H3/b24-22-. The molecule has 1 unspecified atom stereocenters. The van der Waals surface area contributed by atoms with E-state index >= 15 is 0 Å². The van der Waals surface area contributed by atoms with Crippen molar-refractivity contribution in [3.05, 3.63) is 89.4 Å². The van der Waals surface area contributed by atoms with Crippen molar-refractivity contribution >= 4 is 23.1 Å². The van der Waals surface area contributed by atoms with Gasteiger partial charge >= 0.3 is 0 Å². The van der Waals surface area contributed by atoms with Gasteiger partial charge in [0.1, 0.15) is 23.3 Å². The van der Waals surface area contributed by atoms with Gasteiger partial charge in [0.15, 0.2) is 0 Å². The minimum absolute atomic E-state index is 0.0119. The number of rotatable bonds is 6. The van der Waals surface area contributed by atoms with Gasteiger partial charge in [0.25, 0.3) is 11.7 Å². The van der Waals surface area contributed by atoms with Crippen molar-refractivity contribution in [2.24, 2.45) is 0 Å². The van der Waals surface area contributed by atoms with Gasteiger partial charge in [-0.15, -0.1) is 0 Å². The Morgan fingerprint density at radius 2 is 1.75 bits per heavy atom. The Bertz CT molecular complexity index is 1140. The number of carbonyl (C=O) groups is 2. The number of carbonyl (C=O) groups excluding carboxylic acids is 2. The maximum atomic E-state index is 13.1. The van der Waals surface area contributed by atoms with E-state index in [1.165, 1.54) is 11.2 Å². The molecule has 6 nitrogen and oxygen atoms in total. The second-order valence-electron chi connectivity index (χ2n) is 7.90. The van der Waals surface area contributed by atoms with E-state index in [0.717, 1.165) is 12.0 Å². The van der Waals surface area contributed by atoms with E-state index in [1.807, 2.05) is 32.9 Å². The second kappa shape index (κ2) is 8.75. The zero-order chi connectivity index (χ0) is 22.8. The maximum absolute atomic E-state index is 13.1. The van der Waals surface area contributed by atoms with E-state index in [0.29, 0.717) is 22.8 Å². The number of hydrogen-bond acceptors (Lipinski definition) is 5. The lowest BCUT2D eigenvalue weighted by Crippen LogP contribution is -2.29. The average Bonchev–Trinajstić information content (AvgIpc) is 3.41. The number of Topliss-reactive ketones (excluding diaryl/α,β-unsaturated/α-hetero) is 1. The minimum Gasteiger partial charge on any atom is -0.507 e. The topological polar surface area (TPSA) is 80.0 Å². The van der Waals surface area contributed by atoms with Gasteiger partial charge in [-0.2, -0.15) is 0 Å². The fourth-order valence-corrected chi connectivity index (χ4v) is 3.83. The number of aliphatic hydroxyl groups excluding tert-OH is 1. The summed E-state index contributed by atoms with van der Waals surface area (Å²) in [5, 5.41) is 11.1. The molecular formula is C26H25NO5. The van der Waals surface area contributed by atoms with Crippen molar-refractivity contribution in [3.63, 3.8) is 0 Å². The molecule has 6 heteroatoms. The van der Waals surface area contributed by atoms with Gasteiger partial charge in [0.05, 0.1) is 17.9 Å². The van der Waals surface area contributed by atoms with Crippen molar-refractivity contribution < 1.29 is 23.8 Å². The van der Waals surface area contributed by atoms with Gasteiger partial charge in [-0.1, -0.05) is 19.1 Å². The molecule has 1 atom stereocenters. The molecule has 32 heavy (non-hydrogen) atoms. The van der Waals surface area contributed by atoms with Gasteiger partial charge in [0.2, 0.25) is 0 Å². The summed E-state index contributed by atoms with van der Waals surface area (Å²) in [4.78, 5) is 27.5. The molecule has 0 saturated carbocycles. The normalized spacial score (nSPS) is 17.9. The monoisotopic (exact) mass is 431 g/mol. The van der Waals surface area contributed by atoms with E-state index in [1.54, 1.807) is 48.5 Å². The number of ketones is 1. The molecule has 1 aliphatic heterocycles. The fraction of sp³-hybridized carbons (Fsp3) is 0.231. The molecule has 1 saturated heterocycles. The van der Waals surface area contributed by atoms with E-state index in [9.17, 15) is 14.7 Å². The lowest BCUT2D eigenvalue weighted by atomic mass is 9.99. The summed E-state index contributed by atoms with van der Waals surface area (Å²) in [7, 11) is 0. The van der Waals surface area contributed by atoms with Crippen LogP contribution in [0.3, 0.4) is 0 Å². The Kier molecular flexibility index (Phi) is 5.86. The number of aryl methyl sites for hydroxylation is 1. The zero-order valence-corrected chi connectivity index (χ0v) is 18.2. The molecule has 1 amide bonds. The number of furan rings is 1. The fourth-order valence-electron chi connectivity index (χ4n) is 3.83. The highest BCUT2D eigenvalue weighted by Gasteiger charge is 2.48. The summed E-state index contributed by atoms with van der Waals surface area (Å²) < 4.78 is 11.2. The van der Waals surface area contributed by atoms with E-state index in [4.69, 9.17) is 9.15 Å². The lowest BCUT2D eigenvalue weighted by Gasteiger charge is -2.23. The molecule has 0 bridgehead atoms. The molecule has 0 radical (unpaired) electrons. The molecule has 2 aromatic carbocycles. The largest absolute Gasteiger partial charge is 0.507 e. The average molecular weight is 431 g/mol. The van der Waals surface area contributed by atoms with Crippen molar-refractivity contribution in [2.45, 2.75) is 39.3 Å². The molecule has 1 aromatic heterocycles. The van der Waals surface area contributed by atoms with Gasteiger partial charge in [-0.3, -0.25) is 14.5 Å². The first-order chi connectivity index (χ1) is 15.4. The Morgan fingerprint density at radius 1 is 1.06 bits per heavy atom. The molecule has 2 heterocycles. The molecule has 3 aromatic rings. The molecule has 4 rings (SSSR count). The molecular weight excluding hydrogens is 406 g/mol. The SMILES string of the molecule is CCc1ccc(N2C(=O)C(=O)/C(=C(\O)c3ccc(OC(C)C)cc3)C2c2ccco2)cc1. The number of benzene rings is 2. The van der Waals surface area contributed by atoms with Gasteiger partial charge in [0, 0.05) is 11.3 Å². The number of aliphatic hydroxyl groups is 1. The molecule has 0 spiro atoms. The summed E-state index contributed by atoms with van der Waals surface area (Å²) in [6.45, 7) is 5.89. The van der Waals surface area contributed by atoms with Gasteiger partial charge in [-0.25, -0.2) is 0 Å². The van der Waals surface area contributed by atoms with Crippen LogP contribution in [0, 0.1) is 0 Å². The van der Waals surface area contributed by atoms with Crippen LogP contribution in [0.2, 0.25) is 0 Å². The predicted molar refractivity (Wildman–Crippen MR) is 122 cm³/mol. The number of nitrogens with zero attached hydrogens (tertiary/aromatic N) is 1. The van der Waals surface area contributed by atoms with Crippen LogP contribution in [0.25, 0.3) is 5.76 Å². The van der Waals surface area contributed by atoms with Crippen LogP contribution in [0.1, 0.15) is 43.7 Å². The first kappa shape index (κ1) is 21.4. The Labute approximate surface area is 186 Å².